The van der Waals surface area contributed by atoms with Gasteiger partial charge in [0.05, 0.1) is 12.7 Å². The van der Waals surface area contributed by atoms with E-state index in [0.717, 1.165) is 26.1 Å². The summed E-state index contributed by atoms with van der Waals surface area (Å²) in [4.78, 5) is 4.11. The van der Waals surface area contributed by atoms with Gasteiger partial charge in [-0.25, -0.2) is 4.98 Å². The van der Waals surface area contributed by atoms with Crippen LogP contribution in [0.5, 0.6) is 17.4 Å². The second-order valence-electron chi connectivity index (χ2n) is 5.85. The number of aliphatic hydroxyl groups excluding tert-OH is 1. The van der Waals surface area contributed by atoms with E-state index in [1.165, 1.54) is 0 Å². The minimum absolute atomic E-state index is 0.173. The van der Waals surface area contributed by atoms with Crippen LogP contribution in [-0.4, -0.2) is 48.7 Å². The largest absolute Gasteiger partial charge is 0.491 e. The van der Waals surface area contributed by atoms with E-state index in [9.17, 15) is 5.11 Å². The van der Waals surface area contributed by atoms with Crippen molar-refractivity contribution < 1.29 is 24.1 Å². The van der Waals surface area contributed by atoms with Crippen molar-refractivity contribution in [3.63, 3.8) is 0 Å². The summed E-state index contributed by atoms with van der Waals surface area (Å²) in [6.07, 6.45) is 2.95. The van der Waals surface area contributed by atoms with Crippen molar-refractivity contribution in [2.24, 2.45) is 0 Å². The first-order valence-electron chi connectivity index (χ1n) is 8.49. The van der Waals surface area contributed by atoms with Gasteiger partial charge in [-0.15, -0.1) is 0 Å². The van der Waals surface area contributed by atoms with Gasteiger partial charge in [0.25, 0.3) is 0 Å². The van der Waals surface area contributed by atoms with Crippen molar-refractivity contribution in [3.05, 3.63) is 48.7 Å². The smallest absolute Gasteiger partial charge is 0.219 e. The van der Waals surface area contributed by atoms with Crippen LogP contribution < -0.4 is 9.47 Å². The average Bonchev–Trinajstić information content (AvgIpc) is 2.67. The molecule has 1 fully saturated rings. The van der Waals surface area contributed by atoms with Gasteiger partial charge in [-0.3, -0.25) is 0 Å². The van der Waals surface area contributed by atoms with E-state index in [1.807, 2.05) is 12.1 Å². The molecule has 1 N–H and O–H groups in total. The van der Waals surface area contributed by atoms with Gasteiger partial charge in [0.1, 0.15) is 24.2 Å². The molecule has 0 spiro atoms. The Kier molecular flexibility index (Phi) is 6.62. The molecule has 0 radical (unpaired) electrons. The Bertz CT molecular complexity index is 613. The maximum absolute atomic E-state index is 9.98. The SMILES string of the molecule is OC(COc1ccc(Oc2ccccn2)cc1)COC1CCOCC1. The van der Waals surface area contributed by atoms with Crippen LogP contribution in [0.3, 0.4) is 0 Å². The average molecular weight is 345 g/mol. The normalized spacial score (nSPS) is 16.4. The fourth-order valence-electron chi connectivity index (χ4n) is 2.46. The van der Waals surface area contributed by atoms with E-state index in [2.05, 4.69) is 4.98 Å². The molecule has 6 heteroatoms. The number of rotatable bonds is 8. The molecule has 2 aromatic rings. The van der Waals surface area contributed by atoms with Crippen LogP contribution in [0, 0.1) is 0 Å². The van der Waals surface area contributed by atoms with Crippen molar-refractivity contribution in [1.29, 1.82) is 0 Å². The highest BCUT2D eigenvalue weighted by molar-refractivity contribution is 5.33. The zero-order valence-corrected chi connectivity index (χ0v) is 14.0. The first kappa shape index (κ1) is 17.7. The second-order valence-corrected chi connectivity index (χ2v) is 5.85. The molecule has 0 amide bonds. The van der Waals surface area contributed by atoms with Gasteiger partial charge in [0.2, 0.25) is 5.88 Å². The van der Waals surface area contributed by atoms with Gasteiger partial charge in [0.15, 0.2) is 0 Å². The molecule has 6 nitrogen and oxygen atoms in total. The lowest BCUT2D eigenvalue weighted by molar-refractivity contribution is -0.0659. The number of nitrogens with zero attached hydrogens (tertiary/aromatic N) is 1. The van der Waals surface area contributed by atoms with Crippen LogP contribution in [0.1, 0.15) is 12.8 Å². The highest BCUT2D eigenvalue weighted by atomic mass is 16.5. The lowest BCUT2D eigenvalue weighted by Crippen LogP contribution is -2.30. The fraction of sp³-hybridized carbons (Fsp3) is 0.421. The van der Waals surface area contributed by atoms with Crippen molar-refractivity contribution in [2.45, 2.75) is 25.0 Å². The maximum atomic E-state index is 9.98. The van der Waals surface area contributed by atoms with Crippen LogP contribution in [-0.2, 0) is 9.47 Å². The number of benzene rings is 1. The Labute approximate surface area is 147 Å². The third-order valence-electron chi connectivity index (χ3n) is 3.82. The van der Waals surface area contributed by atoms with E-state index in [-0.39, 0.29) is 19.3 Å². The van der Waals surface area contributed by atoms with Crippen molar-refractivity contribution >= 4 is 0 Å². The molecule has 0 bridgehead atoms. The molecule has 1 aromatic carbocycles. The molecular formula is C19H23NO5. The Morgan fingerprint density at radius 3 is 2.52 bits per heavy atom. The Morgan fingerprint density at radius 1 is 1.04 bits per heavy atom. The zero-order valence-electron chi connectivity index (χ0n) is 14.0. The van der Waals surface area contributed by atoms with Crippen LogP contribution in [0.15, 0.2) is 48.7 Å². The molecular weight excluding hydrogens is 322 g/mol. The fourth-order valence-corrected chi connectivity index (χ4v) is 2.46. The van der Waals surface area contributed by atoms with E-state index in [0.29, 0.717) is 17.4 Å². The van der Waals surface area contributed by atoms with Gasteiger partial charge in [-0.1, -0.05) is 6.07 Å². The molecule has 0 aliphatic carbocycles. The summed E-state index contributed by atoms with van der Waals surface area (Å²) in [5.41, 5.74) is 0. The predicted octanol–water partition coefficient (Wildman–Crippen LogP) is 2.81. The molecule has 134 valence electrons. The molecule has 1 unspecified atom stereocenters. The number of pyridine rings is 1. The van der Waals surface area contributed by atoms with Crippen molar-refractivity contribution in [3.8, 4) is 17.4 Å². The molecule has 0 saturated carbocycles. The highest BCUT2D eigenvalue weighted by Gasteiger charge is 2.16. The van der Waals surface area contributed by atoms with Crippen LogP contribution >= 0.6 is 0 Å². The number of hydrogen-bond donors (Lipinski definition) is 1. The molecule has 25 heavy (non-hydrogen) atoms. The number of ether oxygens (including phenoxy) is 4. The Balaban J connectivity index is 1.39. The minimum Gasteiger partial charge on any atom is -0.491 e. The molecule has 1 atom stereocenters. The summed E-state index contributed by atoms with van der Waals surface area (Å²) < 4.78 is 22.2. The third-order valence-corrected chi connectivity index (χ3v) is 3.82. The van der Waals surface area contributed by atoms with Crippen LogP contribution in [0.4, 0.5) is 0 Å². The maximum Gasteiger partial charge on any atom is 0.219 e. The van der Waals surface area contributed by atoms with Gasteiger partial charge in [-0.2, -0.15) is 0 Å². The number of aromatic nitrogens is 1. The standard InChI is InChI=1S/C19H23NO5/c21-15(14-24-17-8-11-22-12-9-17)13-23-16-4-6-18(7-5-16)25-19-3-1-2-10-20-19/h1-7,10,15,17,21H,8-9,11-14H2. The third kappa shape index (κ3) is 6.01. The Hall–Kier alpha value is -2.15. The van der Waals surface area contributed by atoms with E-state index in [1.54, 1.807) is 36.5 Å². The predicted molar refractivity (Wildman–Crippen MR) is 92.0 cm³/mol. The van der Waals surface area contributed by atoms with Crippen LogP contribution in [0.25, 0.3) is 0 Å². The van der Waals surface area contributed by atoms with E-state index < -0.39 is 6.10 Å². The van der Waals surface area contributed by atoms with E-state index in [4.69, 9.17) is 18.9 Å². The molecule has 1 aliphatic heterocycles. The molecule has 3 rings (SSSR count). The molecule has 1 aromatic heterocycles. The second kappa shape index (κ2) is 9.36. The van der Waals surface area contributed by atoms with E-state index >= 15 is 0 Å². The van der Waals surface area contributed by atoms with Gasteiger partial charge in [-0.05, 0) is 43.2 Å². The molecule has 1 aliphatic rings. The quantitative estimate of drug-likeness (QED) is 0.793. The molecule has 1 saturated heterocycles. The van der Waals surface area contributed by atoms with Gasteiger partial charge < -0.3 is 24.1 Å². The minimum atomic E-state index is -0.660. The van der Waals surface area contributed by atoms with Crippen LogP contribution in [0.2, 0.25) is 0 Å². The van der Waals surface area contributed by atoms with Gasteiger partial charge >= 0.3 is 0 Å². The number of aliphatic hydroxyl groups is 1. The van der Waals surface area contributed by atoms with Crippen molar-refractivity contribution in [2.75, 3.05) is 26.4 Å². The lowest BCUT2D eigenvalue weighted by Gasteiger charge is -2.23. The first-order valence-corrected chi connectivity index (χ1v) is 8.49. The summed E-state index contributed by atoms with van der Waals surface area (Å²) in [7, 11) is 0. The topological polar surface area (TPSA) is 70.0 Å². The highest BCUT2D eigenvalue weighted by Crippen LogP contribution is 2.22. The lowest BCUT2D eigenvalue weighted by atomic mass is 10.1. The summed E-state index contributed by atoms with van der Waals surface area (Å²) >= 11 is 0. The first-order chi connectivity index (χ1) is 12.3. The summed E-state index contributed by atoms with van der Waals surface area (Å²) in [6, 6.07) is 12.7. The zero-order chi connectivity index (χ0) is 17.3. The van der Waals surface area contributed by atoms with Gasteiger partial charge in [0, 0.05) is 25.5 Å². The molecule has 2 heterocycles. The monoisotopic (exact) mass is 345 g/mol. The Morgan fingerprint density at radius 2 is 1.80 bits per heavy atom. The van der Waals surface area contributed by atoms with Crippen molar-refractivity contribution in [1.82, 2.24) is 4.98 Å². The summed E-state index contributed by atoms with van der Waals surface area (Å²) in [6.45, 7) is 1.91. The summed E-state index contributed by atoms with van der Waals surface area (Å²) in [5, 5.41) is 9.98. The number of hydrogen-bond acceptors (Lipinski definition) is 6. The summed E-state index contributed by atoms with van der Waals surface area (Å²) in [5.74, 6) is 1.88.